The van der Waals surface area contributed by atoms with Gasteiger partial charge in [-0.05, 0) is 37.6 Å². The molecular weight excluding hydrogens is 302 g/mol. The molecule has 0 atom stereocenters. The van der Waals surface area contributed by atoms with E-state index in [9.17, 15) is 4.79 Å². The van der Waals surface area contributed by atoms with Crippen LogP contribution in [0.25, 0.3) is 5.69 Å². The number of aryl methyl sites for hydroxylation is 1. The van der Waals surface area contributed by atoms with Crippen LogP contribution in [0.4, 0.5) is 0 Å². The van der Waals surface area contributed by atoms with E-state index in [1.54, 1.807) is 12.4 Å². The summed E-state index contributed by atoms with van der Waals surface area (Å²) in [5, 5.41) is 0. The molecular formula is C19H19N3O2. The van der Waals surface area contributed by atoms with Crippen molar-refractivity contribution in [1.82, 2.24) is 15.0 Å². The molecule has 1 amide bonds. The Kier molecular flexibility index (Phi) is 4.72. The number of nitrogens with zero attached hydrogens (tertiary/aromatic N) is 2. The van der Waals surface area contributed by atoms with Gasteiger partial charge in [-0.3, -0.25) is 14.6 Å². The molecule has 0 fully saturated rings. The first-order chi connectivity index (χ1) is 11.7. The monoisotopic (exact) mass is 321 g/mol. The number of aromatic nitrogens is 2. The first-order valence-electron chi connectivity index (χ1n) is 7.72. The molecule has 5 heteroatoms. The number of nitrogens with one attached hydrogen (secondary N) is 1. The lowest BCUT2D eigenvalue weighted by Crippen LogP contribution is -2.24. The molecule has 1 aromatic carbocycles. The Labute approximate surface area is 140 Å². The Hall–Kier alpha value is -2.92. The normalized spacial score (nSPS) is 10.6. The summed E-state index contributed by atoms with van der Waals surface area (Å²) in [5.41, 5.74) is 6.84. The summed E-state index contributed by atoms with van der Waals surface area (Å²) >= 11 is 0. The number of carbonyl (C=O) groups is 1. The average molecular weight is 321 g/mol. The van der Waals surface area contributed by atoms with Crippen molar-refractivity contribution in [3.8, 4) is 5.69 Å². The molecule has 0 saturated carbocycles. The van der Waals surface area contributed by atoms with Crippen LogP contribution >= 0.6 is 0 Å². The Morgan fingerprint density at radius 3 is 2.67 bits per heavy atom. The predicted molar refractivity (Wildman–Crippen MR) is 91.7 cm³/mol. The van der Waals surface area contributed by atoms with E-state index in [1.807, 2.05) is 66.9 Å². The number of hydrogen-bond donors (Lipinski definition) is 1. The van der Waals surface area contributed by atoms with Crippen molar-refractivity contribution in [3.05, 3.63) is 83.4 Å². The summed E-state index contributed by atoms with van der Waals surface area (Å²) in [6, 6.07) is 15.4. The third-order valence-electron chi connectivity index (χ3n) is 3.83. The van der Waals surface area contributed by atoms with Crippen molar-refractivity contribution in [3.63, 3.8) is 0 Å². The highest BCUT2D eigenvalue weighted by Crippen LogP contribution is 2.20. The van der Waals surface area contributed by atoms with Gasteiger partial charge >= 0.3 is 0 Å². The van der Waals surface area contributed by atoms with Crippen LogP contribution in [0.2, 0.25) is 0 Å². The Balaban J connectivity index is 1.72. The molecule has 0 aliphatic carbocycles. The highest BCUT2D eigenvalue weighted by atomic mass is 16.6. The fraction of sp³-hybridized carbons (Fsp3) is 0.158. The van der Waals surface area contributed by atoms with Gasteiger partial charge in [0.15, 0.2) is 0 Å². The molecule has 0 unspecified atom stereocenters. The van der Waals surface area contributed by atoms with Gasteiger partial charge in [0.1, 0.15) is 0 Å². The maximum absolute atomic E-state index is 12.4. The third-order valence-corrected chi connectivity index (χ3v) is 3.83. The van der Waals surface area contributed by atoms with Gasteiger partial charge in [0.25, 0.3) is 5.91 Å². The zero-order valence-electron chi connectivity index (χ0n) is 13.7. The van der Waals surface area contributed by atoms with Crippen molar-refractivity contribution >= 4 is 5.91 Å². The van der Waals surface area contributed by atoms with Gasteiger partial charge in [-0.25, -0.2) is 5.48 Å². The van der Waals surface area contributed by atoms with Crippen LogP contribution in [-0.2, 0) is 11.4 Å². The van der Waals surface area contributed by atoms with Crippen LogP contribution in [0, 0.1) is 13.8 Å². The van der Waals surface area contributed by atoms with E-state index in [0.29, 0.717) is 12.2 Å². The Morgan fingerprint density at radius 1 is 1.17 bits per heavy atom. The second-order valence-corrected chi connectivity index (χ2v) is 5.54. The quantitative estimate of drug-likeness (QED) is 0.733. The molecule has 0 bridgehead atoms. The number of hydroxylamine groups is 1. The number of carbonyl (C=O) groups excluding carboxylic acids is 1. The van der Waals surface area contributed by atoms with Crippen molar-refractivity contribution in [2.24, 2.45) is 0 Å². The van der Waals surface area contributed by atoms with Gasteiger partial charge in [0, 0.05) is 17.6 Å². The number of pyridine rings is 1. The zero-order chi connectivity index (χ0) is 16.9. The molecule has 0 saturated heterocycles. The third kappa shape index (κ3) is 3.36. The van der Waals surface area contributed by atoms with E-state index < -0.39 is 0 Å². The van der Waals surface area contributed by atoms with Crippen molar-refractivity contribution < 1.29 is 9.63 Å². The lowest BCUT2D eigenvalue weighted by atomic mass is 10.2. The average Bonchev–Trinajstić information content (AvgIpc) is 2.91. The fourth-order valence-corrected chi connectivity index (χ4v) is 2.69. The molecule has 3 aromatic rings. The molecule has 5 nitrogen and oxygen atoms in total. The molecule has 24 heavy (non-hydrogen) atoms. The number of amides is 1. The van der Waals surface area contributed by atoms with Gasteiger partial charge in [-0.1, -0.05) is 30.3 Å². The van der Waals surface area contributed by atoms with Gasteiger partial charge in [-0.15, -0.1) is 0 Å². The second kappa shape index (κ2) is 7.10. The van der Waals surface area contributed by atoms with E-state index in [2.05, 4.69) is 10.5 Å². The van der Waals surface area contributed by atoms with Crippen molar-refractivity contribution in [2.75, 3.05) is 0 Å². The lowest BCUT2D eigenvalue weighted by molar-refractivity contribution is 0.0233. The van der Waals surface area contributed by atoms with Crippen LogP contribution in [-0.4, -0.2) is 15.5 Å². The summed E-state index contributed by atoms with van der Waals surface area (Å²) in [6.45, 7) is 4.20. The summed E-state index contributed by atoms with van der Waals surface area (Å²) in [5.74, 6) is -0.255. The van der Waals surface area contributed by atoms with E-state index in [-0.39, 0.29) is 5.91 Å². The first-order valence-corrected chi connectivity index (χ1v) is 7.72. The minimum atomic E-state index is -0.255. The largest absolute Gasteiger partial charge is 0.316 e. The van der Waals surface area contributed by atoms with Crippen LogP contribution in [0.15, 0.2) is 60.9 Å². The molecule has 0 aliphatic heterocycles. The van der Waals surface area contributed by atoms with Crippen LogP contribution in [0.1, 0.15) is 27.3 Å². The maximum Gasteiger partial charge on any atom is 0.276 e. The molecule has 0 aliphatic rings. The summed E-state index contributed by atoms with van der Waals surface area (Å²) in [7, 11) is 0. The van der Waals surface area contributed by atoms with Gasteiger partial charge in [-0.2, -0.15) is 0 Å². The van der Waals surface area contributed by atoms with Crippen LogP contribution < -0.4 is 5.48 Å². The first kappa shape index (κ1) is 16.0. The van der Waals surface area contributed by atoms with E-state index in [0.717, 1.165) is 22.6 Å². The second-order valence-electron chi connectivity index (χ2n) is 5.54. The topological polar surface area (TPSA) is 56.1 Å². The highest BCUT2D eigenvalue weighted by molar-refractivity contribution is 5.95. The molecule has 1 N–H and O–H groups in total. The molecule has 0 spiro atoms. The zero-order valence-corrected chi connectivity index (χ0v) is 13.7. The number of hydrogen-bond acceptors (Lipinski definition) is 3. The lowest BCUT2D eigenvalue weighted by Gasteiger charge is -2.09. The van der Waals surface area contributed by atoms with Gasteiger partial charge < -0.3 is 4.57 Å². The van der Waals surface area contributed by atoms with Crippen LogP contribution in [0.3, 0.4) is 0 Å². The minimum absolute atomic E-state index is 0.255. The maximum atomic E-state index is 12.4. The SMILES string of the molecule is Cc1cc(C(=O)NOCc2ccccc2)c(C)n1-c1cccnc1. The summed E-state index contributed by atoms with van der Waals surface area (Å²) in [6.07, 6.45) is 3.50. The smallest absolute Gasteiger partial charge is 0.276 e. The van der Waals surface area contributed by atoms with Crippen molar-refractivity contribution in [2.45, 2.75) is 20.5 Å². The molecule has 122 valence electrons. The molecule has 0 radical (unpaired) electrons. The predicted octanol–water partition coefficient (Wildman–Crippen LogP) is 3.35. The number of rotatable bonds is 5. The summed E-state index contributed by atoms with van der Waals surface area (Å²) in [4.78, 5) is 21.8. The van der Waals surface area contributed by atoms with Gasteiger partial charge in [0.05, 0.1) is 24.1 Å². The minimum Gasteiger partial charge on any atom is -0.316 e. The Bertz CT molecular complexity index is 827. The fourth-order valence-electron chi connectivity index (χ4n) is 2.69. The number of benzene rings is 1. The molecule has 3 rings (SSSR count). The standard InChI is InChI=1S/C19H19N3O2/c1-14-11-18(15(2)22(14)17-9-6-10-20-12-17)19(23)21-24-13-16-7-4-3-5-8-16/h3-12H,13H2,1-2H3,(H,21,23). The van der Waals surface area contributed by atoms with E-state index in [4.69, 9.17) is 4.84 Å². The molecule has 2 aromatic heterocycles. The highest BCUT2D eigenvalue weighted by Gasteiger charge is 2.16. The van der Waals surface area contributed by atoms with Crippen molar-refractivity contribution in [1.29, 1.82) is 0 Å². The molecule has 2 heterocycles. The Morgan fingerprint density at radius 2 is 1.96 bits per heavy atom. The van der Waals surface area contributed by atoms with E-state index >= 15 is 0 Å². The van der Waals surface area contributed by atoms with E-state index in [1.165, 1.54) is 0 Å². The van der Waals surface area contributed by atoms with Crippen LogP contribution in [0.5, 0.6) is 0 Å². The van der Waals surface area contributed by atoms with Gasteiger partial charge in [0.2, 0.25) is 0 Å². The summed E-state index contributed by atoms with van der Waals surface area (Å²) < 4.78 is 2.00.